The molecule has 0 unspecified atom stereocenters. The zero-order valence-corrected chi connectivity index (χ0v) is 15.4. The third-order valence-corrected chi connectivity index (χ3v) is 4.85. The van der Waals surface area contributed by atoms with Gasteiger partial charge in [-0.2, -0.15) is 0 Å². The van der Waals surface area contributed by atoms with Gasteiger partial charge < -0.3 is 9.64 Å². The van der Waals surface area contributed by atoms with Gasteiger partial charge >= 0.3 is 0 Å². The van der Waals surface area contributed by atoms with Gasteiger partial charge in [0.25, 0.3) is 5.91 Å². The van der Waals surface area contributed by atoms with E-state index in [-0.39, 0.29) is 0 Å². The van der Waals surface area contributed by atoms with Crippen LogP contribution in [0.15, 0.2) is 66.7 Å². The van der Waals surface area contributed by atoms with Crippen molar-refractivity contribution in [3.63, 3.8) is 0 Å². The van der Waals surface area contributed by atoms with Crippen molar-refractivity contribution in [3.8, 4) is 5.75 Å². The lowest BCUT2D eigenvalue weighted by atomic mass is 10.1. The van der Waals surface area contributed by atoms with E-state index in [1.54, 1.807) is 24.7 Å². The van der Waals surface area contributed by atoms with Crippen LogP contribution in [0, 0.1) is 0 Å². The molecular formula is C23H20N2O3. The van der Waals surface area contributed by atoms with Gasteiger partial charge in [-0.3, -0.25) is 10.0 Å². The summed E-state index contributed by atoms with van der Waals surface area (Å²) in [4.78, 5) is 13.8. The van der Waals surface area contributed by atoms with Crippen LogP contribution in [0.2, 0.25) is 0 Å². The zero-order valence-electron chi connectivity index (χ0n) is 15.4. The number of hydroxylamine groups is 1. The molecule has 1 aliphatic rings. The normalized spacial score (nSPS) is 12.0. The maximum absolute atomic E-state index is 11.6. The molecule has 5 heteroatoms. The van der Waals surface area contributed by atoms with Gasteiger partial charge in [-0.25, -0.2) is 5.48 Å². The van der Waals surface area contributed by atoms with Gasteiger partial charge in [0.05, 0.1) is 7.11 Å². The molecule has 0 atom stereocenters. The molecule has 28 heavy (non-hydrogen) atoms. The van der Waals surface area contributed by atoms with Crippen molar-refractivity contribution >= 4 is 29.4 Å². The maximum atomic E-state index is 11.6. The average Bonchev–Trinajstić information content (AvgIpc) is 2.90. The number of nitrogens with zero attached hydrogens (tertiary/aromatic N) is 1. The number of fused-ring (bicyclic) bond motifs is 2. The van der Waals surface area contributed by atoms with Gasteiger partial charge in [-0.1, -0.05) is 42.5 Å². The minimum Gasteiger partial charge on any atom is -0.497 e. The van der Waals surface area contributed by atoms with Crippen LogP contribution in [-0.4, -0.2) is 18.2 Å². The van der Waals surface area contributed by atoms with E-state index in [1.807, 2.05) is 36.4 Å². The van der Waals surface area contributed by atoms with E-state index < -0.39 is 5.91 Å². The Bertz CT molecular complexity index is 1040. The molecule has 1 heterocycles. The van der Waals surface area contributed by atoms with Crippen molar-refractivity contribution < 1.29 is 14.7 Å². The molecule has 0 radical (unpaired) electrons. The smallest absolute Gasteiger partial charge is 0.274 e. The highest BCUT2D eigenvalue weighted by Gasteiger charge is 2.19. The number of hydrogen-bond acceptors (Lipinski definition) is 4. The molecule has 0 spiro atoms. The lowest BCUT2D eigenvalue weighted by molar-refractivity contribution is 0.0706. The Hall–Kier alpha value is -3.57. The highest BCUT2D eigenvalue weighted by atomic mass is 16.5. The highest BCUT2D eigenvalue weighted by molar-refractivity contribution is 5.93. The van der Waals surface area contributed by atoms with Crippen molar-refractivity contribution in [2.45, 2.75) is 6.54 Å². The summed E-state index contributed by atoms with van der Waals surface area (Å²) in [5.74, 6) is 0.294. The number of amides is 1. The first-order valence-corrected chi connectivity index (χ1v) is 8.95. The second kappa shape index (κ2) is 7.58. The molecule has 3 aromatic carbocycles. The van der Waals surface area contributed by atoms with Crippen LogP contribution >= 0.6 is 0 Å². The van der Waals surface area contributed by atoms with Crippen LogP contribution in [0.4, 0.5) is 11.4 Å². The number of carbonyl (C=O) groups excluding carboxylic acids is 1. The van der Waals surface area contributed by atoms with Crippen molar-refractivity contribution in [1.29, 1.82) is 0 Å². The molecule has 140 valence electrons. The quantitative estimate of drug-likeness (QED) is 0.517. The molecular weight excluding hydrogens is 352 g/mol. The predicted molar refractivity (Wildman–Crippen MR) is 110 cm³/mol. The molecule has 0 fully saturated rings. The van der Waals surface area contributed by atoms with E-state index in [4.69, 9.17) is 9.94 Å². The molecule has 1 amide bonds. The standard InChI is InChI=1S/C23H20N2O3/c1-28-20-12-13-22-19(14-20)11-10-17-4-2-3-5-21(17)25(22)15-16-6-8-18(9-7-16)23(26)24-27/h2-14,27H,15H2,1H3,(H,24,26). The van der Waals surface area contributed by atoms with Crippen molar-refractivity contribution in [1.82, 2.24) is 5.48 Å². The monoisotopic (exact) mass is 372 g/mol. The van der Waals surface area contributed by atoms with E-state index in [0.29, 0.717) is 12.1 Å². The van der Waals surface area contributed by atoms with Crippen molar-refractivity contribution in [3.05, 3.63) is 89.0 Å². The van der Waals surface area contributed by atoms with E-state index in [2.05, 4.69) is 35.3 Å². The molecule has 2 N–H and O–H groups in total. The Morgan fingerprint density at radius 3 is 2.43 bits per heavy atom. The number of hydrogen-bond donors (Lipinski definition) is 2. The van der Waals surface area contributed by atoms with Crippen LogP contribution in [0.1, 0.15) is 27.0 Å². The van der Waals surface area contributed by atoms with Crippen LogP contribution in [0.25, 0.3) is 12.2 Å². The second-order valence-electron chi connectivity index (χ2n) is 6.54. The summed E-state index contributed by atoms with van der Waals surface area (Å²) in [5.41, 5.74) is 7.52. The van der Waals surface area contributed by atoms with Crippen molar-refractivity contribution in [2.75, 3.05) is 12.0 Å². The third kappa shape index (κ3) is 3.35. The molecule has 0 aromatic heterocycles. The summed E-state index contributed by atoms with van der Waals surface area (Å²) < 4.78 is 5.39. The number of methoxy groups -OCH3 is 1. The molecule has 0 saturated carbocycles. The van der Waals surface area contributed by atoms with Gasteiger partial charge in [0, 0.05) is 29.0 Å². The SMILES string of the molecule is COc1ccc2c(c1)C=Cc1ccccc1N2Cc1ccc(C(=O)NO)cc1. The molecule has 1 aliphatic heterocycles. The number of benzene rings is 3. The Labute approximate surface area is 163 Å². The first kappa shape index (κ1) is 17.8. The minimum atomic E-state index is -0.520. The summed E-state index contributed by atoms with van der Waals surface area (Å²) >= 11 is 0. The van der Waals surface area contributed by atoms with E-state index in [0.717, 1.165) is 33.8 Å². The van der Waals surface area contributed by atoms with Gasteiger partial charge in [-0.15, -0.1) is 0 Å². The molecule has 0 bridgehead atoms. The highest BCUT2D eigenvalue weighted by Crippen LogP contribution is 2.38. The fourth-order valence-electron chi connectivity index (χ4n) is 3.40. The minimum absolute atomic E-state index is 0.411. The van der Waals surface area contributed by atoms with Gasteiger partial charge in [0.1, 0.15) is 5.75 Å². The van der Waals surface area contributed by atoms with E-state index in [1.165, 1.54) is 0 Å². The summed E-state index contributed by atoms with van der Waals surface area (Å²) in [7, 11) is 1.67. The van der Waals surface area contributed by atoms with Crippen LogP contribution in [0.5, 0.6) is 5.75 Å². The lowest BCUT2D eigenvalue weighted by Crippen LogP contribution is -2.19. The van der Waals surface area contributed by atoms with Crippen LogP contribution in [0.3, 0.4) is 0 Å². The fraction of sp³-hybridized carbons (Fsp3) is 0.0870. The summed E-state index contributed by atoms with van der Waals surface area (Å²) in [6.45, 7) is 0.638. The Morgan fingerprint density at radius 1 is 0.964 bits per heavy atom. The number of anilines is 2. The van der Waals surface area contributed by atoms with E-state index in [9.17, 15) is 4.79 Å². The third-order valence-electron chi connectivity index (χ3n) is 4.85. The second-order valence-corrected chi connectivity index (χ2v) is 6.54. The fourth-order valence-corrected chi connectivity index (χ4v) is 3.40. The number of ether oxygens (including phenoxy) is 1. The Morgan fingerprint density at radius 2 is 1.68 bits per heavy atom. The maximum Gasteiger partial charge on any atom is 0.274 e. The number of carbonyl (C=O) groups is 1. The zero-order chi connectivity index (χ0) is 19.5. The molecule has 3 aromatic rings. The predicted octanol–water partition coefficient (Wildman–Crippen LogP) is 4.64. The van der Waals surface area contributed by atoms with Gasteiger partial charge in [0.2, 0.25) is 0 Å². The first-order chi connectivity index (χ1) is 13.7. The van der Waals surface area contributed by atoms with Crippen LogP contribution < -0.4 is 15.1 Å². The molecule has 5 nitrogen and oxygen atoms in total. The summed E-state index contributed by atoms with van der Waals surface area (Å²) in [6.07, 6.45) is 4.22. The molecule has 4 rings (SSSR count). The van der Waals surface area contributed by atoms with Crippen molar-refractivity contribution in [2.24, 2.45) is 0 Å². The van der Waals surface area contributed by atoms with Gasteiger partial charge in [0.15, 0.2) is 0 Å². The average molecular weight is 372 g/mol. The molecule has 0 aliphatic carbocycles. The van der Waals surface area contributed by atoms with E-state index >= 15 is 0 Å². The Kier molecular flexibility index (Phi) is 4.83. The lowest BCUT2D eigenvalue weighted by Gasteiger charge is -2.27. The largest absolute Gasteiger partial charge is 0.497 e. The van der Waals surface area contributed by atoms with Gasteiger partial charge in [-0.05, 0) is 47.5 Å². The summed E-state index contributed by atoms with van der Waals surface area (Å²) in [5, 5.41) is 8.79. The molecule has 0 saturated heterocycles. The number of nitrogens with one attached hydrogen (secondary N) is 1. The first-order valence-electron chi connectivity index (χ1n) is 8.95. The number of para-hydroxylation sites is 1. The topological polar surface area (TPSA) is 61.8 Å². The van der Waals surface area contributed by atoms with Crippen LogP contribution in [-0.2, 0) is 6.54 Å². The number of rotatable bonds is 4. The summed E-state index contributed by atoms with van der Waals surface area (Å²) in [6, 6.07) is 21.5. The Balaban J connectivity index is 1.75.